The van der Waals surface area contributed by atoms with Crippen LogP contribution in [0.3, 0.4) is 0 Å². The average molecular weight is 320 g/mol. The Bertz CT molecular complexity index is 396. The molecule has 0 saturated heterocycles. The van der Waals surface area contributed by atoms with Crippen molar-refractivity contribution in [2.75, 3.05) is 18.1 Å². The molecular formula is C15H32N2O3S. The molecule has 0 aromatic rings. The predicted molar refractivity (Wildman–Crippen MR) is 86.7 cm³/mol. The number of sulfone groups is 1. The van der Waals surface area contributed by atoms with Crippen LogP contribution in [0.4, 0.5) is 0 Å². The second kappa shape index (κ2) is 8.46. The van der Waals surface area contributed by atoms with Gasteiger partial charge in [0.15, 0.2) is 0 Å². The van der Waals surface area contributed by atoms with E-state index in [2.05, 4.69) is 12.3 Å². The molecule has 1 saturated carbocycles. The molecule has 1 aliphatic carbocycles. The number of hydrogen-bond donors (Lipinski definition) is 2. The van der Waals surface area contributed by atoms with Gasteiger partial charge in [-0.05, 0) is 38.5 Å². The summed E-state index contributed by atoms with van der Waals surface area (Å²) >= 11 is 0. The van der Waals surface area contributed by atoms with E-state index in [0.717, 1.165) is 25.7 Å². The van der Waals surface area contributed by atoms with Gasteiger partial charge in [-0.25, -0.2) is 8.42 Å². The molecule has 0 aliphatic heterocycles. The van der Waals surface area contributed by atoms with Crippen LogP contribution in [0.25, 0.3) is 0 Å². The normalized spacial score (nSPS) is 28.5. The van der Waals surface area contributed by atoms with Crippen LogP contribution in [-0.4, -0.2) is 38.2 Å². The molecule has 0 aromatic carbocycles. The molecular weight excluding hydrogens is 288 g/mol. The summed E-state index contributed by atoms with van der Waals surface area (Å²) < 4.78 is 29.4. The van der Waals surface area contributed by atoms with Crippen LogP contribution >= 0.6 is 0 Å². The lowest BCUT2D eigenvalue weighted by Crippen LogP contribution is -2.57. The van der Waals surface area contributed by atoms with Crippen LogP contribution in [0.2, 0.25) is 0 Å². The Morgan fingerprint density at radius 2 is 2.14 bits per heavy atom. The van der Waals surface area contributed by atoms with E-state index < -0.39 is 9.84 Å². The minimum absolute atomic E-state index is 0.0206. The number of nitrogens with two attached hydrogens (primary N) is 1. The van der Waals surface area contributed by atoms with Crippen molar-refractivity contribution >= 4 is 9.84 Å². The highest BCUT2D eigenvalue weighted by Gasteiger charge is 2.42. The first-order valence-electron chi connectivity index (χ1n) is 8.19. The van der Waals surface area contributed by atoms with Crippen molar-refractivity contribution in [3.63, 3.8) is 0 Å². The Morgan fingerprint density at radius 1 is 1.43 bits per heavy atom. The van der Waals surface area contributed by atoms with E-state index in [0.29, 0.717) is 18.9 Å². The molecule has 1 rings (SSSR count). The van der Waals surface area contributed by atoms with Crippen LogP contribution in [0.5, 0.6) is 0 Å². The Labute approximate surface area is 129 Å². The van der Waals surface area contributed by atoms with Crippen LogP contribution in [0, 0.1) is 5.92 Å². The fraction of sp³-hybridized carbons (Fsp3) is 1.00. The molecule has 1 fully saturated rings. The first-order chi connectivity index (χ1) is 9.89. The van der Waals surface area contributed by atoms with Crippen molar-refractivity contribution in [1.82, 2.24) is 5.43 Å². The second-order valence-electron chi connectivity index (χ2n) is 6.30. The summed E-state index contributed by atoms with van der Waals surface area (Å²) in [6, 6.07) is 0.0206. The van der Waals surface area contributed by atoms with E-state index in [-0.39, 0.29) is 23.1 Å². The molecule has 0 amide bonds. The minimum atomic E-state index is -2.91. The molecule has 0 bridgehead atoms. The molecule has 3 atom stereocenters. The van der Waals surface area contributed by atoms with E-state index in [4.69, 9.17) is 10.6 Å². The van der Waals surface area contributed by atoms with Crippen LogP contribution < -0.4 is 11.3 Å². The molecule has 3 N–H and O–H groups in total. The molecule has 3 unspecified atom stereocenters. The molecule has 21 heavy (non-hydrogen) atoms. The number of hydrogen-bond acceptors (Lipinski definition) is 5. The zero-order chi connectivity index (χ0) is 15.9. The molecule has 6 heteroatoms. The first kappa shape index (κ1) is 18.9. The Hall–Kier alpha value is -0.170. The summed E-state index contributed by atoms with van der Waals surface area (Å²) in [4.78, 5) is 0. The van der Waals surface area contributed by atoms with Gasteiger partial charge in [-0.2, -0.15) is 0 Å². The van der Waals surface area contributed by atoms with Crippen LogP contribution in [0.1, 0.15) is 59.3 Å². The van der Waals surface area contributed by atoms with Crippen molar-refractivity contribution < 1.29 is 13.2 Å². The van der Waals surface area contributed by atoms with Gasteiger partial charge in [-0.1, -0.05) is 26.7 Å². The molecule has 1 aliphatic rings. The number of hydrazine groups is 1. The van der Waals surface area contributed by atoms with Gasteiger partial charge < -0.3 is 4.74 Å². The maximum atomic E-state index is 11.6. The van der Waals surface area contributed by atoms with Crippen molar-refractivity contribution in [3.8, 4) is 0 Å². The lowest BCUT2D eigenvalue weighted by molar-refractivity contribution is -0.102. The van der Waals surface area contributed by atoms with Gasteiger partial charge in [0, 0.05) is 12.4 Å². The average Bonchev–Trinajstić information content (AvgIpc) is 2.44. The van der Waals surface area contributed by atoms with Crippen molar-refractivity contribution in [2.24, 2.45) is 11.8 Å². The topological polar surface area (TPSA) is 81.4 Å². The van der Waals surface area contributed by atoms with Gasteiger partial charge in [-0.3, -0.25) is 11.3 Å². The van der Waals surface area contributed by atoms with Gasteiger partial charge in [0.1, 0.15) is 9.84 Å². The minimum Gasteiger partial charge on any atom is -0.374 e. The third-order valence-corrected chi connectivity index (χ3v) is 6.44. The summed E-state index contributed by atoms with van der Waals surface area (Å²) in [5, 5.41) is 0. The Balaban J connectivity index is 2.69. The smallest absolute Gasteiger partial charge is 0.150 e. The van der Waals surface area contributed by atoms with Crippen molar-refractivity contribution in [2.45, 2.75) is 70.9 Å². The fourth-order valence-corrected chi connectivity index (χ4v) is 4.42. The molecule has 126 valence electrons. The first-order valence-corrected chi connectivity index (χ1v) is 10.0. The number of nitrogens with one attached hydrogen (secondary N) is 1. The summed E-state index contributed by atoms with van der Waals surface area (Å²) in [5.41, 5.74) is 2.66. The SMILES string of the molecule is CCOC1(C(CCCS(=O)(=O)CC)NN)CCCC(C)C1. The van der Waals surface area contributed by atoms with Crippen molar-refractivity contribution in [1.29, 1.82) is 0 Å². The maximum Gasteiger partial charge on any atom is 0.150 e. The summed E-state index contributed by atoms with van der Waals surface area (Å²) in [7, 11) is -2.91. The van der Waals surface area contributed by atoms with E-state index in [1.807, 2.05) is 6.92 Å². The quantitative estimate of drug-likeness (QED) is 0.502. The highest BCUT2D eigenvalue weighted by Crippen LogP contribution is 2.38. The third kappa shape index (κ3) is 5.51. The van der Waals surface area contributed by atoms with Gasteiger partial charge >= 0.3 is 0 Å². The Kier molecular flexibility index (Phi) is 7.60. The van der Waals surface area contributed by atoms with Crippen molar-refractivity contribution in [3.05, 3.63) is 0 Å². The van der Waals surface area contributed by atoms with Gasteiger partial charge in [0.05, 0.1) is 17.4 Å². The predicted octanol–water partition coefficient (Wildman–Crippen LogP) is 2.02. The largest absolute Gasteiger partial charge is 0.374 e. The molecule has 5 nitrogen and oxygen atoms in total. The standard InChI is InChI=1S/C15H32N2O3S/c1-4-20-15(10-6-8-13(3)12-15)14(17-16)9-7-11-21(18,19)5-2/h13-14,17H,4-12,16H2,1-3H3. The maximum absolute atomic E-state index is 11.6. The van der Waals surface area contributed by atoms with Gasteiger partial charge in [0.25, 0.3) is 0 Å². The van der Waals surface area contributed by atoms with E-state index >= 15 is 0 Å². The monoisotopic (exact) mass is 320 g/mol. The summed E-state index contributed by atoms with van der Waals surface area (Å²) in [6.45, 7) is 6.62. The zero-order valence-electron chi connectivity index (χ0n) is 13.7. The molecule has 0 heterocycles. The summed E-state index contributed by atoms with van der Waals surface area (Å²) in [6.07, 6.45) is 5.75. The van der Waals surface area contributed by atoms with E-state index in [9.17, 15) is 8.42 Å². The lowest BCUT2D eigenvalue weighted by Gasteiger charge is -2.45. The van der Waals surface area contributed by atoms with Crippen LogP contribution in [-0.2, 0) is 14.6 Å². The zero-order valence-corrected chi connectivity index (χ0v) is 14.5. The third-order valence-electron chi connectivity index (χ3n) is 4.65. The molecule has 0 spiro atoms. The lowest BCUT2D eigenvalue weighted by atomic mass is 9.73. The van der Waals surface area contributed by atoms with Gasteiger partial charge in [-0.15, -0.1) is 0 Å². The van der Waals surface area contributed by atoms with E-state index in [1.165, 1.54) is 6.42 Å². The Morgan fingerprint density at radius 3 is 2.67 bits per heavy atom. The molecule has 0 radical (unpaired) electrons. The summed E-state index contributed by atoms with van der Waals surface area (Å²) in [5.74, 6) is 6.84. The number of ether oxygens (including phenoxy) is 1. The van der Waals surface area contributed by atoms with Crippen LogP contribution in [0.15, 0.2) is 0 Å². The van der Waals surface area contributed by atoms with Gasteiger partial charge in [0.2, 0.25) is 0 Å². The highest BCUT2D eigenvalue weighted by atomic mass is 32.2. The van der Waals surface area contributed by atoms with E-state index in [1.54, 1.807) is 6.92 Å². The highest BCUT2D eigenvalue weighted by molar-refractivity contribution is 7.91. The fourth-order valence-electron chi connectivity index (χ4n) is 3.53. The second-order valence-corrected chi connectivity index (χ2v) is 8.77. The molecule has 0 aromatic heterocycles. The number of rotatable bonds is 9.